The number of anilines is 1. The molecule has 0 fully saturated rings. The van der Waals surface area contributed by atoms with Crippen LogP contribution >= 0.6 is 0 Å². The maximum atomic E-state index is 12.4. The van der Waals surface area contributed by atoms with E-state index in [0.29, 0.717) is 23.7 Å². The van der Waals surface area contributed by atoms with Crippen molar-refractivity contribution in [3.8, 4) is 11.5 Å². The summed E-state index contributed by atoms with van der Waals surface area (Å²) < 4.78 is 10.6. The number of amides is 1. The fraction of sp³-hybridized carbons (Fsp3) is 0.350. The lowest BCUT2D eigenvalue weighted by molar-refractivity contribution is -0.384. The maximum absolute atomic E-state index is 12.4. The number of nitro benzene ring substituents is 1. The Balaban J connectivity index is 1.99. The van der Waals surface area contributed by atoms with E-state index in [0.717, 1.165) is 12.8 Å². The van der Waals surface area contributed by atoms with Crippen molar-refractivity contribution in [1.29, 1.82) is 0 Å². The molecule has 0 aliphatic rings. The molecule has 1 amide bonds. The molecular weight excluding hydrogens is 348 g/mol. The predicted molar refractivity (Wildman–Crippen MR) is 104 cm³/mol. The minimum absolute atomic E-state index is 0.113. The monoisotopic (exact) mass is 372 g/mol. The van der Waals surface area contributed by atoms with Crippen molar-refractivity contribution < 1.29 is 19.2 Å². The number of hydrogen-bond donors (Lipinski definition) is 1. The summed E-state index contributed by atoms with van der Waals surface area (Å²) in [6.45, 7) is 2.80. The molecule has 144 valence electrons. The first-order chi connectivity index (χ1) is 13.0. The Morgan fingerprint density at radius 3 is 2.41 bits per heavy atom. The minimum atomic E-state index is -0.562. The zero-order chi connectivity index (χ0) is 19.6. The van der Waals surface area contributed by atoms with Crippen LogP contribution in [0.3, 0.4) is 0 Å². The summed E-state index contributed by atoms with van der Waals surface area (Å²) in [6, 6.07) is 11.0. The average Bonchev–Trinajstić information content (AvgIpc) is 2.68. The molecule has 1 N–H and O–H groups in total. The van der Waals surface area contributed by atoms with E-state index in [4.69, 9.17) is 9.47 Å². The zero-order valence-corrected chi connectivity index (χ0v) is 15.6. The molecular formula is C20H24N2O5. The molecule has 0 aliphatic carbocycles. The molecule has 0 atom stereocenters. The molecule has 0 unspecified atom stereocenters. The SMILES string of the molecule is CCCCCCOc1ccc(C(=O)Nc2ccc(OC)cc2[N+](=O)[O-])cc1. The van der Waals surface area contributed by atoms with Crippen molar-refractivity contribution in [2.24, 2.45) is 0 Å². The van der Waals surface area contributed by atoms with Crippen LogP contribution in [0.2, 0.25) is 0 Å². The highest BCUT2D eigenvalue weighted by Crippen LogP contribution is 2.29. The molecule has 0 saturated carbocycles. The number of ether oxygens (including phenoxy) is 2. The molecule has 2 aromatic rings. The number of rotatable bonds is 10. The van der Waals surface area contributed by atoms with Gasteiger partial charge in [0.05, 0.1) is 24.7 Å². The van der Waals surface area contributed by atoms with E-state index in [-0.39, 0.29) is 11.4 Å². The first kappa shape index (κ1) is 20.2. The van der Waals surface area contributed by atoms with Gasteiger partial charge in [-0.2, -0.15) is 0 Å². The van der Waals surface area contributed by atoms with Crippen LogP contribution in [-0.2, 0) is 0 Å². The van der Waals surface area contributed by atoms with E-state index in [2.05, 4.69) is 12.2 Å². The number of benzene rings is 2. The summed E-state index contributed by atoms with van der Waals surface area (Å²) in [5, 5.41) is 13.8. The number of carbonyl (C=O) groups excluding carboxylic acids is 1. The van der Waals surface area contributed by atoms with Crippen molar-refractivity contribution in [2.75, 3.05) is 19.0 Å². The summed E-state index contributed by atoms with van der Waals surface area (Å²) in [7, 11) is 1.42. The average molecular weight is 372 g/mol. The lowest BCUT2D eigenvalue weighted by atomic mass is 10.2. The number of nitrogens with one attached hydrogen (secondary N) is 1. The van der Waals surface area contributed by atoms with Gasteiger partial charge >= 0.3 is 0 Å². The molecule has 0 saturated heterocycles. The smallest absolute Gasteiger partial charge is 0.296 e. The van der Waals surface area contributed by atoms with Gasteiger partial charge in [-0.3, -0.25) is 14.9 Å². The molecule has 27 heavy (non-hydrogen) atoms. The van der Waals surface area contributed by atoms with Gasteiger partial charge < -0.3 is 14.8 Å². The summed E-state index contributed by atoms with van der Waals surface area (Å²) >= 11 is 0. The summed E-state index contributed by atoms with van der Waals surface area (Å²) in [6.07, 6.45) is 4.50. The molecule has 2 aromatic carbocycles. The van der Waals surface area contributed by atoms with E-state index in [1.807, 2.05) is 0 Å². The fourth-order valence-electron chi connectivity index (χ4n) is 2.51. The van der Waals surface area contributed by atoms with Crippen LogP contribution < -0.4 is 14.8 Å². The first-order valence-corrected chi connectivity index (χ1v) is 8.91. The van der Waals surface area contributed by atoms with Crippen molar-refractivity contribution >= 4 is 17.3 Å². The van der Waals surface area contributed by atoms with E-state index < -0.39 is 10.8 Å². The van der Waals surface area contributed by atoms with Gasteiger partial charge in [0, 0.05) is 5.56 Å². The molecule has 7 nitrogen and oxygen atoms in total. The van der Waals surface area contributed by atoms with E-state index in [1.54, 1.807) is 30.3 Å². The fourth-order valence-corrected chi connectivity index (χ4v) is 2.51. The molecule has 0 radical (unpaired) electrons. The summed E-state index contributed by atoms with van der Waals surface area (Å²) in [5.74, 6) is 0.608. The number of nitro groups is 1. The third kappa shape index (κ3) is 5.99. The summed E-state index contributed by atoms with van der Waals surface area (Å²) in [4.78, 5) is 23.0. The van der Waals surface area contributed by atoms with Gasteiger partial charge in [-0.1, -0.05) is 26.2 Å². The van der Waals surface area contributed by atoms with Gasteiger partial charge in [0.15, 0.2) is 0 Å². The van der Waals surface area contributed by atoms with E-state index in [9.17, 15) is 14.9 Å². The number of unbranched alkanes of at least 4 members (excludes halogenated alkanes) is 3. The van der Waals surface area contributed by atoms with Crippen molar-refractivity contribution in [3.05, 3.63) is 58.1 Å². The van der Waals surface area contributed by atoms with Crippen molar-refractivity contribution in [3.63, 3.8) is 0 Å². The third-order valence-electron chi connectivity index (χ3n) is 4.03. The van der Waals surface area contributed by atoms with Crippen molar-refractivity contribution in [2.45, 2.75) is 32.6 Å². The van der Waals surface area contributed by atoms with Crippen LogP contribution in [0.4, 0.5) is 11.4 Å². The second-order valence-electron chi connectivity index (χ2n) is 6.03. The zero-order valence-electron chi connectivity index (χ0n) is 15.6. The van der Waals surface area contributed by atoms with Crippen LogP contribution in [0, 0.1) is 10.1 Å². The topological polar surface area (TPSA) is 90.7 Å². The van der Waals surface area contributed by atoms with Crippen molar-refractivity contribution in [1.82, 2.24) is 0 Å². The quantitative estimate of drug-likeness (QED) is 0.367. The van der Waals surface area contributed by atoms with Crippen LogP contribution in [0.15, 0.2) is 42.5 Å². The molecule has 0 aromatic heterocycles. The Morgan fingerprint density at radius 1 is 1.07 bits per heavy atom. The molecule has 2 rings (SSSR count). The number of hydrogen-bond acceptors (Lipinski definition) is 5. The van der Waals surface area contributed by atoms with Gasteiger partial charge in [0.1, 0.15) is 17.2 Å². The highest BCUT2D eigenvalue weighted by atomic mass is 16.6. The molecule has 0 spiro atoms. The Morgan fingerprint density at radius 2 is 1.78 bits per heavy atom. The van der Waals surface area contributed by atoms with Crippen LogP contribution in [0.5, 0.6) is 11.5 Å². The molecule has 7 heteroatoms. The Labute approximate surface area is 158 Å². The third-order valence-corrected chi connectivity index (χ3v) is 4.03. The second-order valence-corrected chi connectivity index (χ2v) is 6.03. The van der Waals surface area contributed by atoms with Gasteiger partial charge in [-0.15, -0.1) is 0 Å². The largest absolute Gasteiger partial charge is 0.496 e. The number of methoxy groups -OCH3 is 1. The van der Waals surface area contributed by atoms with Gasteiger partial charge in [-0.25, -0.2) is 0 Å². The van der Waals surface area contributed by atoms with Crippen LogP contribution in [-0.4, -0.2) is 24.5 Å². The highest BCUT2D eigenvalue weighted by Gasteiger charge is 2.18. The standard InChI is InChI=1S/C20H24N2O5/c1-3-4-5-6-13-27-16-9-7-15(8-10-16)20(23)21-18-12-11-17(26-2)14-19(18)22(24)25/h7-12,14H,3-6,13H2,1-2H3,(H,21,23). The lowest BCUT2D eigenvalue weighted by Crippen LogP contribution is -2.13. The predicted octanol–water partition coefficient (Wildman–Crippen LogP) is 4.81. The van der Waals surface area contributed by atoms with Gasteiger partial charge in [0.25, 0.3) is 11.6 Å². The lowest BCUT2D eigenvalue weighted by Gasteiger charge is -2.09. The number of carbonyl (C=O) groups is 1. The normalized spacial score (nSPS) is 10.3. The second kappa shape index (κ2) is 10.2. The molecule has 0 aliphatic heterocycles. The number of nitrogens with zero attached hydrogens (tertiary/aromatic N) is 1. The first-order valence-electron chi connectivity index (χ1n) is 8.91. The van der Waals surface area contributed by atoms with Crippen LogP contribution in [0.1, 0.15) is 43.0 Å². The Kier molecular flexibility index (Phi) is 7.61. The van der Waals surface area contributed by atoms with Crippen LogP contribution in [0.25, 0.3) is 0 Å². The van der Waals surface area contributed by atoms with Gasteiger partial charge in [-0.05, 0) is 42.8 Å². The summed E-state index contributed by atoms with van der Waals surface area (Å²) in [5.41, 5.74) is 0.273. The molecule has 0 bridgehead atoms. The maximum Gasteiger partial charge on any atom is 0.296 e. The highest BCUT2D eigenvalue weighted by molar-refractivity contribution is 6.05. The van der Waals surface area contributed by atoms with E-state index in [1.165, 1.54) is 32.1 Å². The Bertz CT molecular complexity index is 774. The minimum Gasteiger partial charge on any atom is -0.496 e. The van der Waals surface area contributed by atoms with E-state index >= 15 is 0 Å². The Hall–Kier alpha value is -3.09. The van der Waals surface area contributed by atoms with Gasteiger partial charge in [0.2, 0.25) is 0 Å². The molecule has 0 heterocycles.